The van der Waals surface area contributed by atoms with Gasteiger partial charge in [0.2, 0.25) is 5.91 Å². The van der Waals surface area contributed by atoms with Gasteiger partial charge in [-0.2, -0.15) is 11.3 Å². The maximum Gasteiger partial charge on any atom is 0.225 e. The summed E-state index contributed by atoms with van der Waals surface area (Å²) < 4.78 is 0. The molecule has 0 bridgehead atoms. The molecule has 2 N–H and O–H groups in total. The second kappa shape index (κ2) is 5.15. The average molecular weight is 273 g/mol. The molecule has 98 valence electrons. The fourth-order valence-corrected chi connectivity index (χ4v) is 3.22. The average Bonchev–Trinajstić information content (AvgIpc) is 2.99. The van der Waals surface area contributed by atoms with E-state index in [-0.39, 0.29) is 11.9 Å². The van der Waals surface area contributed by atoms with Crippen molar-refractivity contribution in [2.24, 2.45) is 0 Å². The van der Waals surface area contributed by atoms with Crippen molar-refractivity contribution in [3.05, 3.63) is 57.8 Å². The van der Waals surface area contributed by atoms with Gasteiger partial charge in [0.25, 0.3) is 0 Å². The molecule has 4 heteroatoms. The van der Waals surface area contributed by atoms with E-state index in [4.69, 9.17) is 0 Å². The Hall–Kier alpha value is -1.65. The minimum atomic E-state index is -0.524. The Balaban J connectivity index is 1.71. The molecule has 1 aliphatic carbocycles. The zero-order valence-corrected chi connectivity index (χ0v) is 11.2. The maximum atomic E-state index is 12.0. The summed E-state index contributed by atoms with van der Waals surface area (Å²) in [5.74, 6) is -0.0425. The monoisotopic (exact) mass is 273 g/mol. The number of fused-ring (bicyclic) bond motifs is 1. The summed E-state index contributed by atoms with van der Waals surface area (Å²) in [5, 5.41) is 16.9. The molecule has 0 spiro atoms. The number of amides is 1. The number of carbonyl (C=O) groups excluding carboxylic acids is 1. The minimum absolute atomic E-state index is 0.0425. The third-order valence-corrected chi connectivity index (χ3v) is 4.20. The fourth-order valence-electron chi connectivity index (χ4n) is 2.55. The zero-order valence-electron chi connectivity index (χ0n) is 10.4. The van der Waals surface area contributed by atoms with Crippen molar-refractivity contribution in [3.8, 4) is 0 Å². The van der Waals surface area contributed by atoms with Crippen LogP contribution in [0.15, 0.2) is 41.1 Å². The molecule has 1 aliphatic rings. The Bertz CT molecular complexity index is 580. The van der Waals surface area contributed by atoms with Gasteiger partial charge in [-0.1, -0.05) is 24.3 Å². The quantitative estimate of drug-likeness (QED) is 0.899. The summed E-state index contributed by atoms with van der Waals surface area (Å²) in [7, 11) is 0. The van der Waals surface area contributed by atoms with Crippen molar-refractivity contribution in [2.45, 2.75) is 25.0 Å². The summed E-state index contributed by atoms with van der Waals surface area (Å²) in [5.41, 5.74) is 3.17. The highest BCUT2D eigenvalue weighted by molar-refractivity contribution is 7.07. The Kier molecular flexibility index (Phi) is 3.36. The van der Waals surface area contributed by atoms with E-state index in [9.17, 15) is 9.90 Å². The Labute approximate surface area is 115 Å². The van der Waals surface area contributed by atoms with Crippen LogP contribution in [0.25, 0.3) is 0 Å². The normalized spacial score (nSPS) is 21.1. The third kappa shape index (κ3) is 2.55. The molecule has 1 aromatic carbocycles. The molecule has 2 aromatic rings. The number of hydrogen-bond donors (Lipinski definition) is 2. The number of rotatable bonds is 3. The number of nitrogens with one attached hydrogen (secondary N) is 1. The van der Waals surface area contributed by atoms with E-state index in [1.165, 1.54) is 0 Å². The molecular formula is C15H15NO2S. The summed E-state index contributed by atoms with van der Waals surface area (Å²) in [6, 6.07) is 9.55. The van der Waals surface area contributed by atoms with Gasteiger partial charge in [-0.25, -0.2) is 0 Å². The van der Waals surface area contributed by atoms with Crippen LogP contribution in [0.3, 0.4) is 0 Å². The van der Waals surface area contributed by atoms with Crippen molar-refractivity contribution in [1.82, 2.24) is 5.32 Å². The predicted octanol–water partition coefficient (Wildman–Crippen LogP) is 2.07. The first-order valence-electron chi connectivity index (χ1n) is 6.30. The van der Waals surface area contributed by atoms with Gasteiger partial charge in [-0.05, 0) is 33.5 Å². The van der Waals surface area contributed by atoms with Gasteiger partial charge >= 0.3 is 0 Å². The second-order valence-electron chi connectivity index (χ2n) is 4.82. The van der Waals surface area contributed by atoms with Crippen LogP contribution in [0.5, 0.6) is 0 Å². The zero-order chi connectivity index (χ0) is 13.2. The number of benzene rings is 1. The summed E-state index contributed by atoms with van der Waals surface area (Å²) in [6.07, 6.45) is 0.456. The van der Waals surface area contributed by atoms with E-state index >= 15 is 0 Å². The lowest BCUT2D eigenvalue weighted by atomic mass is 10.1. The van der Waals surface area contributed by atoms with Gasteiger partial charge in [-0.15, -0.1) is 0 Å². The molecule has 0 saturated carbocycles. The lowest BCUT2D eigenvalue weighted by molar-refractivity contribution is -0.121. The van der Waals surface area contributed by atoms with Gasteiger partial charge in [0.05, 0.1) is 18.6 Å². The summed E-state index contributed by atoms with van der Waals surface area (Å²) >= 11 is 1.58. The molecule has 3 nitrogen and oxygen atoms in total. The fraction of sp³-hybridized carbons (Fsp3) is 0.267. The number of carbonyl (C=O) groups is 1. The SMILES string of the molecule is O=C(Cc1ccsc1)NC1c2ccccc2CC1O. The Morgan fingerprint density at radius 2 is 2.21 bits per heavy atom. The summed E-state index contributed by atoms with van der Waals surface area (Å²) in [6.45, 7) is 0. The highest BCUT2D eigenvalue weighted by Crippen LogP contribution is 2.31. The first-order valence-corrected chi connectivity index (χ1v) is 7.24. The van der Waals surface area contributed by atoms with Crippen molar-refractivity contribution in [1.29, 1.82) is 0 Å². The molecule has 1 amide bonds. The lowest BCUT2D eigenvalue weighted by Gasteiger charge is -2.17. The first kappa shape index (κ1) is 12.4. The molecule has 2 unspecified atom stereocenters. The van der Waals surface area contributed by atoms with Gasteiger partial charge in [0.15, 0.2) is 0 Å². The first-order chi connectivity index (χ1) is 9.24. The van der Waals surface area contributed by atoms with Crippen LogP contribution in [0.1, 0.15) is 22.7 Å². The largest absolute Gasteiger partial charge is 0.390 e. The van der Waals surface area contributed by atoms with E-state index in [1.807, 2.05) is 41.1 Å². The van der Waals surface area contributed by atoms with Crippen LogP contribution < -0.4 is 5.32 Å². The minimum Gasteiger partial charge on any atom is -0.390 e. The van der Waals surface area contributed by atoms with E-state index in [0.29, 0.717) is 12.8 Å². The van der Waals surface area contributed by atoms with E-state index in [1.54, 1.807) is 11.3 Å². The van der Waals surface area contributed by atoms with Gasteiger partial charge in [0, 0.05) is 6.42 Å². The maximum absolute atomic E-state index is 12.0. The molecule has 0 radical (unpaired) electrons. The van der Waals surface area contributed by atoms with E-state index in [0.717, 1.165) is 16.7 Å². The van der Waals surface area contributed by atoms with Crippen molar-refractivity contribution < 1.29 is 9.90 Å². The van der Waals surface area contributed by atoms with Crippen molar-refractivity contribution >= 4 is 17.2 Å². The Morgan fingerprint density at radius 1 is 1.37 bits per heavy atom. The van der Waals surface area contributed by atoms with Crippen LogP contribution in [-0.4, -0.2) is 17.1 Å². The third-order valence-electron chi connectivity index (χ3n) is 3.47. The Morgan fingerprint density at radius 3 is 3.00 bits per heavy atom. The molecule has 0 aliphatic heterocycles. The van der Waals surface area contributed by atoms with Crippen LogP contribution in [0.2, 0.25) is 0 Å². The molecule has 19 heavy (non-hydrogen) atoms. The number of aliphatic hydroxyl groups is 1. The van der Waals surface area contributed by atoms with E-state index < -0.39 is 6.10 Å². The van der Waals surface area contributed by atoms with Crippen molar-refractivity contribution in [3.63, 3.8) is 0 Å². The molecular weight excluding hydrogens is 258 g/mol. The van der Waals surface area contributed by atoms with Crippen LogP contribution in [0, 0.1) is 0 Å². The smallest absolute Gasteiger partial charge is 0.225 e. The number of hydrogen-bond acceptors (Lipinski definition) is 3. The molecule has 3 rings (SSSR count). The van der Waals surface area contributed by atoms with Crippen LogP contribution >= 0.6 is 11.3 Å². The molecule has 2 atom stereocenters. The number of thiophene rings is 1. The molecule has 0 fully saturated rings. The number of aliphatic hydroxyl groups excluding tert-OH is 1. The van der Waals surface area contributed by atoms with E-state index in [2.05, 4.69) is 5.32 Å². The standard InChI is InChI=1S/C15H15NO2S/c17-13-8-11-3-1-2-4-12(11)15(13)16-14(18)7-10-5-6-19-9-10/h1-6,9,13,15,17H,7-8H2,(H,16,18). The highest BCUT2D eigenvalue weighted by atomic mass is 32.1. The topological polar surface area (TPSA) is 49.3 Å². The van der Waals surface area contributed by atoms with Gasteiger partial charge < -0.3 is 10.4 Å². The van der Waals surface area contributed by atoms with Crippen LogP contribution in [0.4, 0.5) is 0 Å². The molecule has 1 aromatic heterocycles. The summed E-state index contributed by atoms with van der Waals surface area (Å²) in [4.78, 5) is 12.0. The van der Waals surface area contributed by atoms with Crippen molar-refractivity contribution in [2.75, 3.05) is 0 Å². The molecule has 0 saturated heterocycles. The molecule has 1 heterocycles. The second-order valence-corrected chi connectivity index (χ2v) is 5.60. The van der Waals surface area contributed by atoms with Gasteiger partial charge in [-0.3, -0.25) is 4.79 Å². The predicted molar refractivity (Wildman–Crippen MR) is 75.1 cm³/mol. The van der Waals surface area contributed by atoms with Gasteiger partial charge in [0.1, 0.15) is 0 Å². The van der Waals surface area contributed by atoms with Crippen LogP contribution in [-0.2, 0) is 17.6 Å². The highest BCUT2D eigenvalue weighted by Gasteiger charge is 2.31. The lowest BCUT2D eigenvalue weighted by Crippen LogP contribution is -2.34.